The molecule has 0 amide bonds. The Morgan fingerprint density at radius 2 is 1.67 bits per heavy atom. The van der Waals surface area contributed by atoms with Crippen LogP contribution in [-0.2, 0) is 6.42 Å². The Morgan fingerprint density at radius 1 is 0.967 bits per heavy atom. The number of benzene rings is 2. The zero-order valence-electron chi connectivity index (χ0n) is 17.9. The van der Waals surface area contributed by atoms with Crippen LogP contribution in [0.5, 0.6) is 0 Å². The molecule has 1 N–H and O–H groups in total. The van der Waals surface area contributed by atoms with Gasteiger partial charge in [-0.25, -0.2) is 4.98 Å². The highest BCUT2D eigenvalue weighted by atomic mass is 35.5. The number of fused-ring (bicyclic) bond motifs is 1. The number of alkyl halides is 1. The number of aromatic nitrogens is 3. The molecule has 0 atom stereocenters. The van der Waals surface area contributed by atoms with E-state index in [0.29, 0.717) is 11.8 Å². The van der Waals surface area contributed by atoms with Gasteiger partial charge in [-0.3, -0.25) is 0 Å². The van der Waals surface area contributed by atoms with E-state index in [9.17, 15) is 0 Å². The minimum atomic E-state index is 0.503. The lowest BCUT2D eigenvalue weighted by molar-refractivity contribution is 0.866. The van der Waals surface area contributed by atoms with Gasteiger partial charge in [-0.1, -0.05) is 56.3 Å². The number of hydrogen-bond donors (Lipinski definition) is 1. The predicted molar refractivity (Wildman–Crippen MR) is 126 cm³/mol. The van der Waals surface area contributed by atoms with Gasteiger partial charge in [-0.15, -0.1) is 11.6 Å². The molecular formula is C25H27ClN4. The van der Waals surface area contributed by atoms with E-state index in [4.69, 9.17) is 21.7 Å². The summed E-state index contributed by atoms with van der Waals surface area (Å²) in [5, 5.41) is 8.47. The number of aryl methyl sites for hydroxylation is 2. The highest BCUT2D eigenvalue weighted by Gasteiger charge is 2.20. The van der Waals surface area contributed by atoms with Crippen molar-refractivity contribution in [2.24, 2.45) is 0 Å². The third-order valence-corrected chi connectivity index (χ3v) is 5.68. The second-order valence-corrected chi connectivity index (χ2v) is 8.30. The van der Waals surface area contributed by atoms with Gasteiger partial charge in [0.25, 0.3) is 0 Å². The van der Waals surface area contributed by atoms with Gasteiger partial charge in [-0.2, -0.15) is 9.61 Å². The molecule has 2 heterocycles. The first-order chi connectivity index (χ1) is 14.5. The second-order valence-electron chi connectivity index (χ2n) is 7.93. The van der Waals surface area contributed by atoms with Crippen LogP contribution in [0.2, 0.25) is 0 Å². The summed E-state index contributed by atoms with van der Waals surface area (Å²) in [7, 11) is 0. The average Bonchev–Trinajstić information content (AvgIpc) is 3.07. The molecule has 30 heavy (non-hydrogen) atoms. The minimum absolute atomic E-state index is 0.503. The summed E-state index contributed by atoms with van der Waals surface area (Å²) in [6, 6.07) is 18.9. The molecule has 4 rings (SSSR count). The van der Waals surface area contributed by atoms with E-state index in [2.05, 4.69) is 55.6 Å². The first-order valence-corrected chi connectivity index (χ1v) is 10.9. The number of anilines is 2. The van der Waals surface area contributed by atoms with Crippen LogP contribution in [0.1, 0.15) is 42.3 Å². The van der Waals surface area contributed by atoms with Crippen LogP contribution in [0.25, 0.3) is 16.8 Å². The van der Waals surface area contributed by atoms with E-state index in [0.717, 1.165) is 51.7 Å². The van der Waals surface area contributed by atoms with Crippen LogP contribution in [0.3, 0.4) is 0 Å². The Morgan fingerprint density at radius 3 is 2.30 bits per heavy atom. The molecule has 5 heteroatoms. The van der Waals surface area contributed by atoms with Crippen molar-refractivity contribution in [3.8, 4) is 11.1 Å². The SMILES string of the molecule is Cc1nc2c(-c3ccccc3)c(C)nn2c(Nc2ccc(C(C)C)cc2)c1CCCl. The quantitative estimate of drug-likeness (QED) is 0.356. The molecule has 2 aromatic carbocycles. The maximum absolute atomic E-state index is 6.14. The van der Waals surface area contributed by atoms with Gasteiger partial charge < -0.3 is 5.32 Å². The smallest absolute Gasteiger partial charge is 0.165 e. The normalized spacial score (nSPS) is 11.4. The molecule has 4 nitrogen and oxygen atoms in total. The standard InChI is InChI=1S/C25H27ClN4/c1-16(2)19-10-12-21(13-11-19)28-24-22(14-15-26)17(3)27-25-23(18(4)29-30(24)25)20-8-6-5-7-9-20/h5-13,16,28H,14-15H2,1-4H3. The monoisotopic (exact) mass is 418 g/mol. The predicted octanol–water partition coefficient (Wildman–Crippen LogP) is 6.66. The number of nitrogens with zero attached hydrogens (tertiary/aromatic N) is 3. The van der Waals surface area contributed by atoms with Crippen LogP contribution >= 0.6 is 11.6 Å². The van der Waals surface area contributed by atoms with Crippen LogP contribution in [-0.4, -0.2) is 20.5 Å². The summed E-state index contributed by atoms with van der Waals surface area (Å²) in [4.78, 5) is 4.93. The molecule has 0 aliphatic heterocycles. The highest BCUT2D eigenvalue weighted by Crippen LogP contribution is 2.32. The van der Waals surface area contributed by atoms with Gasteiger partial charge in [-0.05, 0) is 49.4 Å². The number of rotatable bonds is 6. The Bertz CT molecular complexity index is 1160. The van der Waals surface area contributed by atoms with Crippen molar-refractivity contribution in [2.75, 3.05) is 11.2 Å². The summed E-state index contributed by atoms with van der Waals surface area (Å²) in [5.41, 5.74) is 8.40. The summed E-state index contributed by atoms with van der Waals surface area (Å²) in [5.74, 6) is 1.96. The Labute approximate surface area is 182 Å². The van der Waals surface area contributed by atoms with Crippen LogP contribution in [0.4, 0.5) is 11.5 Å². The minimum Gasteiger partial charge on any atom is -0.340 e. The van der Waals surface area contributed by atoms with E-state index in [1.165, 1.54) is 5.56 Å². The van der Waals surface area contributed by atoms with Crippen molar-refractivity contribution >= 4 is 28.8 Å². The second kappa shape index (κ2) is 8.49. The van der Waals surface area contributed by atoms with Crippen LogP contribution in [0.15, 0.2) is 54.6 Å². The van der Waals surface area contributed by atoms with Crippen molar-refractivity contribution in [2.45, 2.75) is 40.0 Å². The largest absolute Gasteiger partial charge is 0.340 e. The Hall–Kier alpha value is -2.85. The van der Waals surface area contributed by atoms with Crippen LogP contribution in [0, 0.1) is 13.8 Å². The van der Waals surface area contributed by atoms with Crippen LogP contribution < -0.4 is 5.32 Å². The van der Waals surface area contributed by atoms with Gasteiger partial charge >= 0.3 is 0 Å². The first kappa shape index (κ1) is 20.4. The molecule has 0 unspecified atom stereocenters. The molecule has 0 saturated carbocycles. The molecule has 0 spiro atoms. The fourth-order valence-electron chi connectivity index (χ4n) is 3.85. The maximum atomic E-state index is 6.14. The molecular weight excluding hydrogens is 392 g/mol. The van der Waals surface area contributed by atoms with E-state index in [-0.39, 0.29) is 0 Å². The van der Waals surface area contributed by atoms with Gasteiger partial charge in [0.2, 0.25) is 0 Å². The zero-order chi connectivity index (χ0) is 21.3. The van der Waals surface area contributed by atoms with Gasteiger partial charge in [0, 0.05) is 28.4 Å². The summed E-state index contributed by atoms with van der Waals surface area (Å²) in [6.45, 7) is 8.49. The van der Waals surface area contributed by atoms with Gasteiger partial charge in [0.05, 0.1) is 5.69 Å². The molecule has 0 aliphatic rings. The lowest BCUT2D eigenvalue weighted by Gasteiger charge is -2.16. The number of nitrogens with one attached hydrogen (secondary N) is 1. The lowest BCUT2D eigenvalue weighted by Crippen LogP contribution is -2.09. The van der Waals surface area contributed by atoms with Crippen molar-refractivity contribution in [1.82, 2.24) is 14.6 Å². The first-order valence-electron chi connectivity index (χ1n) is 10.4. The highest BCUT2D eigenvalue weighted by molar-refractivity contribution is 6.18. The molecule has 4 aromatic rings. The summed E-state index contributed by atoms with van der Waals surface area (Å²) >= 11 is 6.14. The van der Waals surface area contributed by atoms with Gasteiger partial charge in [0.15, 0.2) is 5.65 Å². The van der Waals surface area contributed by atoms with Crippen molar-refractivity contribution in [3.05, 3.63) is 77.1 Å². The van der Waals surface area contributed by atoms with E-state index in [1.54, 1.807) is 0 Å². The molecule has 154 valence electrons. The molecule has 2 aromatic heterocycles. The van der Waals surface area contributed by atoms with Gasteiger partial charge in [0.1, 0.15) is 5.82 Å². The Kier molecular flexibility index (Phi) is 5.78. The van der Waals surface area contributed by atoms with E-state index in [1.807, 2.05) is 36.6 Å². The summed E-state index contributed by atoms with van der Waals surface area (Å²) in [6.07, 6.45) is 0.725. The van der Waals surface area contributed by atoms with E-state index < -0.39 is 0 Å². The van der Waals surface area contributed by atoms with Crippen molar-refractivity contribution in [3.63, 3.8) is 0 Å². The lowest BCUT2D eigenvalue weighted by atomic mass is 10.0. The number of halogens is 1. The molecule has 0 radical (unpaired) electrons. The fraction of sp³-hybridized carbons (Fsp3) is 0.280. The molecule has 0 aliphatic carbocycles. The third-order valence-electron chi connectivity index (χ3n) is 5.49. The topological polar surface area (TPSA) is 42.2 Å². The maximum Gasteiger partial charge on any atom is 0.165 e. The molecule has 0 saturated heterocycles. The Balaban J connectivity index is 1.89. The van der Waals surface area contributed by atoms with Crippen molar-refractivity contribution < 1.29 is 0 Å². The molecule has 0 bridgehead atoms. The number of hydrogen-bond acceptors (Lipinski definition) is 3. The molecule has 0 fully saturated rings. The summed E-state index contributed by atoms with van der Waals surface area (Å²) < 4.78 is 1.93. The van der Waals surface area contributed by atoms with Crippen molar-refractivity contribution in [1.29, 1.82) is 0 Å². The van der Waals surface area contributed by atoms with E-state index >= 15 is 0 Å². The third kappa shape index (κ3) is 3.80. The average molecular weight is 419 g/mol. The fourth-order valence-corrected chi connectivity index (χ4v) is 4.04. The zero-order valence-corrected chi connectivity index (χ0v) is 18.7.